The van der Waals surface area contributed by atoms with E-state index in [1.54, 1.807) is 50.6 Å². The monoisotopic (exact) mass is 328 g/mol. The van der Waals surface area contributed by atoms with Crippen molar-refractivity contribution in [1.82, 2.24) is 0 Å². The first-order valence-corrected chi connectivity index (χ1v) is 7.22. The molecule has 0 bridgehead atoms. The summed E-state index contributed by atoms with van der Waals surface area (Å²) < 4.78 is 20.9. The van der Waals surface area contributed by atoms with Gasteiger partial charge in [-0.3, -0.25) is 4.79 Å². The molecule has 0 unspecified atom stereocenters. The summed E-state index contributed by atoms with van der Waals surface area (Å²) in [4.78, 5) is 12.8. The van der Waals surface area contributed by atoms with E-state index in [1.165, 1.54) is 14.2 Å². The van der Waals surface area contributed by atoms with Gasteiger partial charge in [-0.2, -0.15) is 0 Å². The van der Waals surface area contributed by atoms with Gasteiger partial charge < -0.3 is 18.9 Å². The SMILES string of the molecule is C=C(C(=O)c1cc(OC)cc(OC)c1)c1cc(OC)cc(OC)c1. The predicted molar refractivity (Wildman–Crippen MR) is 92.5 cm³/mol. The molecule has 0 fully saturated rings. The van der Waals surface area contributed by atoms with Gasteiger partial charge in [0.2, 0.25) is 0 Å². The average molecular weight is 328 g/mol. The van der Waals surface area contributed by atoms with E-state index in [2.05, 4.69) is 6.58 Å². The molecule has 0 aromatic heterocycles. The van der Waals surface area contributed by atoms with Crippen molar-refractivity contribution in [3.8, 4) is 23.0 Å². The number of Topliss-reactive ketones (excluding diaryl/α,β-unsaturated/α-hetero) is 1. The van der Waals surface area contributed by atoms with Crippen LogP contribution in [0.3, 0.4) is 0 Å². The Balaban J connectivity index is 2.41. The van der Waals surface area contributed by atoms with Gasteiger partial charge in [-0.25, -0.2) is 0 Å². The molecule has 2 aromatic carbocycles. The summed E-state index contributed by atoms with van der Waals surface area (Å²) in [5, 5.41) is 0. The third kappa shape index (κ3) is 3.68. The Bertz CT molecular complexity index is 654. The van der Waals surface area contributed by atoms with Gasteiger partial charge in [-0.1, -0.05) is 6.58 Å². The van der Waals surface area contributed by atoms with Gasteiger partial charge in [0, 0.05) is 23.3 Å². The number of benzene rings is 2. The highest BCUT2D eigenvalue weighted by molar-refractivity contribution is 6.28. The maximum atomic E-state index is 12.8. The molecule has 126 valence electrons. The number of hydrogen-bond acceptors (Lipinski definition) is 5. The Kier molecular flexibility index (Phi) is 5.47. The number of hydrogen-bond donors (Lipinski definition) is 0. The Hall–Kier alpha value is -2.95. The molecular weight excluding hydrogens is 308 g/mol. The van der Waals surface area contributed by atoms with Gasteiger partial charge in [0.05, 0.1) is 28.4 Å². The van der Waals surface area contributed by atoms with E-state index in [-0.39, 0.29) is 5.78 Å². The lowest BCUT2D eigenvalue weighted by atomic mass is 9.97. The van der Waals surface area contributed by atoms with Crippen LogP contribution in [-0.4, -0.2) is 34.2 Å². The second-order valence-electron chi connectivity index (χ2n) is 5.01. The predicted octanol–water partition coefficient (Wildman–Crippen LogP) is 3.62. The van der Waals surface area contributed by atoms with Crippen LogP contribution in [0.15, 0.2) is 43.0 Å². The second-order valence-corrected chi connectivity index (χ2v) is 5.01. The van der Waals surface area contributed by atoms with Gasteiger partial charge in [0.15, 0.2) is 5.78 Å². The zero-order valence-corrected chi connectivity index (χ0v) is 14.2. The van der Waals surface area contributed by atoms with Crippen LogP contribution in [0.5, 0.6) is 23.0 Å². The fourth-order valence-corrected chi connectivity index (χ4v) is 2.23. The molecule has 0 aliphatic heterocycles. The summed E-state index contributed by atoms with van der Waals surface area (Å²) in [6.45, 7) is 3.92. The van der Waals surface area contributed by atoms with Crippen molar-refractivity contribution < 1.29 is 23.7 Å². The molecule has 5 heteroatoms. The van der Waals surface area contributed by atoms with Gasteiger partial charge in [0.25, 0.3) is 0 Å². The highest BCUT2D eigenvalue weighted by Crippen LogP contribution is 2.30. The zero-order valence-electron chi connectivity index (χ0n) is 14.2. The third-order valence-corrected chi connectivity index (χ3v) is 3.59. The second kappa shape index (κ2) is 7.55. The quantitative estimate of drug-likeness (QED) is 0.574. The number of carbonyl (C=O) groups excluding carboxylic acids is 1. The van der Waals surface area contributed by atoms with E-state index in [4.69, 9.17) is 18.9 Å². The zero-order chi connectivity index (χ0) is 17.7. The van der Waals surface area contributed by atoms with E-state index in [1.807, 2.05) is 0 Å². The number of allylic oxidation sites excluding steroid dienone is 1. The van der Waals surface area contributed by atoms with Gasteiger partial charge in [-0.15, -0.1) is 0 Å². The van der Waals surface area contributed by atoms with Crippen molar-refractivity contribution in [2.24, 2.45) is 0 Å². The van der Waals surface area contributed by atoms with E-state index < -0.39 is 0 Å². The Morgan fingerprint density at radius 3 is 1.33 bits per heavy atom. The van der Waals surface area contributed by atoms with Crippen LogP contribution in [0.25, 0.3) is 5.57 Å². The van der Waals surface area contributed by atoms with Crippen molar-refractivity contribution in [2.45, 2.75) is 0 Å². The Morgan fingerprint density at radius 1 is 0.667 bits per heavy atom. The summed E-state index contributed by atoms with van der Waals surface area (Å²) in [5.41, 5.74) is 1.37. The number of ketones is 1. The van der Waals surface area contributed by atoms with Crippen LogP contribution in [0.1, 0.15) is 15.9 Å². The van der Waals surface area contributed by atoms with E-state index in [0.717, 1.165) is 0 Å². The maximum absolute atomic E-state index is 12.8. The van der Waals surface area contributed by atoms with Gasteiger partial charge in [0.1, 0.15) is 23.0 Å². The lowest BCUT2D eigenvalue weighted by Gasteiger charge is -2.12. The molecule has 0 spiro atoms. The number of ether oxygens (including phenoxy) is 4. The van der Waals surface area contributed by atoms with E-state index in [9.17, 15) is 4.79 Å². The highest BCUT2D eigenvalue weighted by atomic mass is 16.5. The smallest absolute Gasteiger partial charge is 0.193 e. The molecule has 0 heterocycles. The van der Waals surface area contributed by atoms with Crippen LogP contribution in [0.2, 0.25) is 0 Å². The van der Waals surface area contributed by atoms with Crippen LogP contribution in [0.4, 0.5) is 0 Å². The minimum absolute atomic E-state index is 0.234. The Morgan fingerprint density at radius 2 is 1.00 bits per heavy atom. The lowest BCUT2D eigenvalue weighted by molar-refractivity contribution is 0.105. The molecule has 0 saturated heterocycles. The number of carbonyl (C=O) groups is 1. The van der Waals surface area contributed by atoms with Crippen LogP contribution in [-0.2, 0) is 0 Å². The number of rotatable bonds is 7. The first kappa shape index (κ1) is 17.4. The number of methoxy groups -OCH3 is 4. The topological polar surface area (TPSA) is 54.0 Å². The molecule has 5 nitrogen and oxygen atoms in total. The molecule has 0 N–H and O–H groups in total. The van der Waals surface area contributed by atoms with Crippen LogP contribution in [0, 0.1) is 0 Å². The molecule has 2 rings (SSSR count). The third-order valence-electron chi connectivity index (χ3n) is 3.59. The minimum atomic E-state index is -0.234. The molecule has 0 saturated carbocycles. The van der Waals surface area contributed by atoms with Gasteiger partial charge in [-0.05, 0) is 29.8 Å². The van der Waals surface area contributed by atoms with Gasteiger partial charge >= 0.3 is 0 Å². The standard InChI is InChI=1S/C19H20O5/c1-12(13-6-15(21-2)10-16(7-13)22-3)19(20)14-8-17(23-4)11-18(9-14)24-5/h6-11H,1H2,2-5H3. The average Bonchev–Trinajstić information content (AvgIpc) is 2.65. The molecule has 0 radical (unpaired) electrons. The van der Waals surface area contributed by atoms with Crippen molar-refractivity contribution in [1.29, 1.82) is 0 Å². The van der Waals surface area contributed by atoms with Crippen LogP contribution >= 0.6 is 0 Å². The highest BCUT2D eigenvalue weighted by Gasteiger charge is 2.16. The first-order chi connectivity index (χ1) is 11.5. The maximum Gasteiger partial charge on any atom is 0.193 e. The summed E-state index contributed by atoms with van der Waals surface area (Å²) in [5.74, 6) is 2.01. The molecule has 0 aliphatic rings. The normalized spacial score (nSPS) is 10.0. The van der Waals surface area contributed by atoms with Crippen molar-refractivity contribution >= 4 is 11.4 Å². The van der Waals surface area contributed by atoms with Crippen molar-refractivity contribution in [3.05, 3.63) is 54.1 Å². The first-order valence-electron chi connectivity index (χ1n) is 7.22. The van der Waals surface area contributed by atoms with Crippen molar-refractivity contribution in [3.63, 3.8) is 0 Å². The molecule has 2 aromatic rings. The summed E-state index contributed by atoms with van der Waals surface area (Å²) in [6.07, 6.45) is 0. The van der Waals surface area contributed by atoms with Crippen LogP contribution < -0.4 is 18.9 Å². The Labute approximate surface area is 141 Å². The molecule has 24 heavy (non-hydrogen) atoms. The van der Waals surface area contributed by atoms with Crippen molar-refractivity contribution in [2.75, 3.05) is 28.4 Å². The fraction of sp³-hybridized carbons (Fsp3) is 0.211. The minimum Gasteiger partial charge on any atom is -0.497 e. The summed E-state index contributed by atoms with van der Waals surface area (Å²) in [7, 11) is 6.17. The molecule has 0 aliphatic carbocycles. The van der Waals surface area contributed by atoms with E-state index >= 15 is 0 Å². The largest absolute Gasteiger partial charge is 0.497 e. The molecule has 0 amide bonds. The summed E-state index contributed by atoms with van der Waals surface area (Å²) >= 11 is 0. The molecule has 0 atom stereocenters. The molecular formula is C19H20O5. The fourth-order valence-electron chi connectivity index (χ4n) is 2.23. The summed E-state index contributed by atoms with van der Waals surface area (Å²) in [6, 6.07) is 10.2. The van der Waals surface area contributed by atoms with E-state index in [0.29, 0.717) is 39.7 Å². The lowest BCUT2D eigenvalue weighted by Crippen LogP contribution is -2.03.